The van der Waals surface area contributed by atoms with Crippen molar-refractivity contribution in [2.75, 3.05) is 12.3 Å². The Labute approximate surface area is 238 Å². The van der Waals surface area contributed by atoms with Gasteiger partial charge in [0.15, 0.2) is 0 Å². The molecule has 0 bridgehead atoms. The zero-order valence-corrected chi connectivity index (χ0v) is 23.2. The molecular formula is C26H31F6N3O6S. The minimum absolute atomic E-state index is 0.0385. The van der Waals surface area contributed by atoms with E-state index in [1.165, 1.54) is 23.2 Å². The van der Waals surface area contributed by atoms with E-state index >= 15 is 0 Å². The summed E-state index contributed by atoms with van der Waals surface area (Å²) in [7, 11) is -3.21. The average Bonchev–Trinajstić information content (AvgIpc) is 2.87. The molecule has 42 heavy (non-hydrogen) atoms. The molecule has 2 aromatic rings. The summed E-state index contributed by atoms with van der Waals surface area (Å²) in [5.41, 5.74) is 4.90. The second-order valence-electron chi connectivity index (χ2n) is 9.64. The first-order valence-corrected chi connectivity index (χ1v) is 14.4. The lowest BCUT2D eigenvalue weighted by atomic mass is 9.59. The fourth-order valence-electron chi connectivity index (χ4n) is 4.65. The Morgan fingerprint density at radius 2 is 1.64 bits per heavy atom. The molecule has 0 radical (unpaired) electrons. The predicted molar refractivity (Wildman–Crippen MR) is 139 cm³/mol. The van der Waals surface area contributed by atoms with Crippen LogP contribution < -0.4 is 10.0 Å². The summed E-state index contributed by atoms with van der Waals surface area (Å²) in [5.74, 6) is -5.34. The Morgan fingerprint density at radius 1 is 1.05 bits per heavy atom. The third-order valence-electron chi connectivity index (χ3n) is 6.69. The molecule has 1 fully saturated rings. The Bertz CT molecular complexity index is 1290. The summed E-state index contributed by atoms with van der Waals surface area (Å²) >= 11 is 0. The topological polar surface area (TPSA) is 146 Å². The molecular weight excluding hydrogens is 596 g/mol. The number of hydrogen-bond donors (Lipinski definition) is 4. The number of aliphatic carboxylic acids is 2. The summed E-state index contributed by atoms with van der Waals surface area (Å²) in [5, 5.41) is 18.0. The van der Waals surface area contributed by atoms with E-state index in [0.29, 0.717) is 13.0 Å². The van der Waals surface area contributed by atoms with Crippen molar-refractivity contribution in [1.82, 2.24) is 15.0 Å². The number of aromatic nitrogens is 1. The summed E-state index contributed by atoms with van der Waals surface area (Å²) in [6.07, 6.45) is -3.16. The molecule has 1 aliphatic carbocycles. The quantitative estimate of drug-likeness (QED) is 0.329. The van der Waals surface area contributed by atoms with Crippen molar-refractivity contribution >= 4 is 22.0 Å². The summed E-state index contributed by atoms with van der Waals surface area (Å²) in [6, 6.07) is 12.9. The summed E-state index contributed by atoms with van der Waals surface area (Å²) < 4.78 is 90.3. The van der Waals surface area contributed by atoms with E-state index in [0.717, 1.165) is 31.4 Å². The molecule has 1 aromatic carbocycles. The Morgan fingerprint density at radius 3 is 2.10 bits per heavy atom. The molecule has 1 aromatic heterocycles. The van der Waals surface area contributed by atoms with Crippen LogP contribution in [0.5, 0.6) is 0 Å². The van der Waals surface area contributed by atoms with Crippen molar-refractivity contribution < 1.29 is 54.6 Å². The number of pyridine rings is 1. The van der Waals surface area contributed by atoms with E-state index in [4.69, 9.17) is 24.8 Å². The monoisotopic (exact) mass is 627 g/mol. The van der Waals surface area contributed by atoms with Crippen molar-refractivity contribution in [3.63, 3.8) is 0 Å². The number of sulfonamides is 1. The van der Waals surface area contributed by atoms with Gasteiger partial charge in [-0.1, -0.05) is 37.6 Å². The molecule has 1 saturated carbocycles. The maximum absolute atomic E-state index is 12.0. The van der Waals surface area contributed by atoms with E-state index < -0.39 is 34.3 Å². The fraction of sp³-hybridized carbons (Fsp3) is 0.500. The number of carbonyl (C=O) groups is 2. The van der Waals surface area contributed by atoms with Crippen LogP contribution in [0.15, 0.2) is 42.6 Å². The molecule has 0 spiro atoms. The standard InChI is InChI=1S/C22H29N3O2S.2C2HF3O2/c1-2-14-28(26,27)25-16-17-7-8-18-9-13-24-21(19(18)15-17)22(10-5-11-22)20-6-3-4-12-23-20;2*3-2(4,5)1(6)7/h3-4,6-8,12,15,21,24-25H,2,5,9-11,13-14,16H2,1H3;2*(H,6,7). The second-order valence-corrected chi connectivity index (χ2v) is 11.6. The zero-order valence-electron chi connectivity index (χ0n) is 22.4. The highest BCUT2D eigenvalue weighted by Gasteiger charge is 2.48. The Kier molecular flexibility index (Phi) is 11.9. The molecule has 234 valence electrons. The smallest absolute Gasteiger partial charge is 0.475 e. The van der Waals surface area contributed by atoms with Crippen LogP contribution >= 0.6 is 0 Å². The third kappa shape index (κ3) is 9.66. The minimum atomic E-state index is -5.08. The molecule has 0 amide bonds. The Hall–Kier alpha value is -3.24. The lowest BCUT2D eigenvalue weighted by molar-refractivity contribution is -0.193. The molecule has 9 nitrogen and oxygen atoms in total. The van der Waals surface area contributed by atoms with Crippen LogP contribution in [0.3, 0.4) is 0 Å². The van der Waals surface area contributed by atoms with E-state index in [1.54, 1.807) is 0 Å². The number of carboxylic acid groups (broad SMARTS) is 2. The SMILES string of the molecule is CCCS(=O)(=O)NCc1ccc2c(c1)C(C1(c3ccccn3)CCC1)NCC2.O=C(O)C(F)(F)F.O=C(O)C(F)(F)F. The van der Waals surface area contributed by atoms with Gasteiger partial charge in [0, 0.05) is 29.9 Å². The minimum Gasteiger partial charge on any atom is -0.475 e. The highest BCUT2D eigenvalue weighted by Crippen LogP contribution is 2.52. The van der Waals surface area contributed by atoms with E-state index in [2.05, 4.69) is 40.4 Å². The first kappa shape index (κ1) is 35.0. The lowest BCUT2D eigenvalue weighted by Crippen LogP contribution is -2.49. The van der Waals surface area contributed by atoms with Gasteiger partial charge < -0.3 is 15.5 Å². The number of carboxylic acids is 2. The van der Waals surface area contributed by atoms with Crippen molar-refractivity contribution in [3.8, 4) is 0 Å². The van der Waals surface area contributed by atoms with Crippen LogP contribution in [0.1, 0.15) is 61.0 Å². The van der Waals surface area contributed by atoms with Crippen molar-refractivity contribution in [3.05, 3.63) is 65.0 Å². The second kappa shape index (κ2) is 14.3. The van der Waals surface area contributed by atoms with Crippen LogP contribution in [0.2, 0.25) is 0 Å². The van der Waals surface area contributed by atoms with Crippen molar-refractivity contribution in [1.29, 1.82) is 0 Å². The summed E-state index contributed by atoms with van der Waals surface area (Å²) in [4.78, 5) is 22.5. The number of rotatable bonds is 7. The van der Waals surface area contributed by atoms with Crippen LogP contribution in [0.4, 0.5) is 26.3 Å². The fourth-order valence-corrected chi connectivity index (χ4v) is 5.72. The van der Waals surface area contributed by atoms with Gasteiger partial charge in [-0.3, -0.25) is 4.98 Å². The van der Waals surface area contributed by atoms with Crippen LogP contribution in [-0.2, 0) is 38.0 Å². The molecule has 1 unspecified atom stereocenters. The number of benzene rings is 1. The van der Waals surface area contributed by atoms with E-state index in [9.17, 15) is 34.8 Å². The van der Waals surface area contributed by atoms with Gasteiger partial charge in [-0.05, 0) is 61.1 Å². The van der Waals surface area contributed by atoms with Crippen LogP contribution in [0.25, 0.3) is 0 Å². The predicted octanol–water partition coefficient (Wildman–Crippen LogP) is 4.49. The Balaban J connectivity index is 0.000000367. The molecule has 4 rings (SSSR count). The highest BCUT2D eigenvalue weighted by atomic mass is 32.2. The number of alkyl halides is 6. The molecule has 1 atom stereocenters. The van der Waals surface area contributed by atoms with E-state index in [-0.39, 0.29) is 17.2 Å². The van der Waals surface area contributed by atoms with Gasteiger partial charge in [0.2, 0.25) is 10.0 Å². The van der Waals surface area contributed by atoms with Crippen LogP contribution in [0, 0.1) is 0 Å². The van der Waals surface area contributed by atoms with Gasteiger partial charge in [-0.25, -0.2) is 22.7 Å². The first-order chi connectivity index (χ1) is 19.4. The molecule has 2 heterocycles. The summed E-state index contributed by atoms with van der Waals surface area (Å²) in [6.45, 7) is 3.19. The first-order valence-electron chi connectivity index (χ1n) is 12.8. The molecule has 1 aliphatic heterocycles. The van der Waals surface area contributed by atoms with E-state index in [1.807, 2.05) is 19.2 Å². The van der Waals surface area contributed by atoms with Gasteiger partial charge >= 0.3 is 24.3 Å². The number of nitrogens with one attached hydrogen (secondary N) is 2. The number of halogens is 6. The van der Waals surface area contributed by atoms with Gasteiger partial charge in [0.05, 0.1) is 5.75 Å². The van der Waals surface area contributed by atoms with Gasteiger partial charge in [-0.2, -0.15) is 26.3 Å². The van der Waals surface area contributed by atoms with Gasteiger partial charge in [0.25, 0.3) is 0 Å². The number of hydrogen-bond acceptors (Lipinski definition) is 6. The molecule has 0 saturated heterocycles. The zero-order chi connectivity index (χ0) is 31.8. The number of nitrogens with zero attached hydrogens (tertiary/aromatic N) is 1. The maximum atomic E-state index is 12.0. The largest absolute Gasteiger partial charge is 0.490 e. The third-order valence-corrected chi connectivity index (χ3v) is 8.22. The lowest BCUT2D eigenvalue weighted by Gasteiger charge is -2.49. The van der Waals surface area contributed by atoms with Crippen molar-refractivity contribution in [2.24, 2.45) is 0 Å². The highest BCUT2D eigenvalue weighted by molar-refractivity contribution is 7.89. The van der Waals surface area contributed by atoms with Crippen LogP contribution in [-0.4, -0.2) is 60.2 Å². The normalized spacial score (nSPS) is 17.7. The molecule has 4 N–H and O–H groups in total. The molecule has 16 heteroatoms. The molecule has 2 aliphatic rings. The van der Waals surface area contributed by atoms with Gasteiger partial charge in [0.1, 0.15) is 0 Å². The number of fused-ring (bicyclic) bond motifs is 1. The maximum Gasteiger partial charge on any atom is 0.490 e. The van der Waals surface area contributed by atoms with Gasteiger partial charge in [-0.15, -0.1) is 0 Å². The average molecular weight is 628 g/mol. The van der Waals surface area contributed by atoms with Crippen molar-refractivity contribution in [2.45, 2.75) is 69.4 Å².